The summed E-state index contributed by atoms with van der Waals surface area (Å²) in [4.78, 5) is 35.8. The third-order valence-corrected chi connectivity index (χ3v) is 4.63. The van der Waals surface area contributed by atoms with Crippen LogP contribution in [-0.2, 0) is 21.5 Å². The van der Waals surface area contributed by atoms with Crippen molar-refractivity contribution in [2.24, 2.45) is 0 Å². The lowest BCUT2D eigenvalue weighted by Gasteiger charge is -2.16. The zero-order valence-corrected chi connectivity index (χ0v) is 13.4. The first-order valence-electron chi connectivity index (χ1n) is 6.98. The zero-order valence-electron chi connectivity index (χ0n) is 12.5. The van der Waals surface area contributed by atoms with Crippen LogP contribution in [0.2, 0.25) is 0 Å². The van der Waals surface area contributed by atoms with Crippen molar-refractivity contribution >= 4 is 33.5 Å². The van der Waals surface area contributed by atoms with E-state index in [-0.39, 0.29) is 23.4 Å². The highest BCUT2D eigenvalue weighted by atomic mass is 32.2. The molecule has 1 amide bonds. The molecule has 0 saturated carbocycles. The van der Waals surface area contributed by atoms with Gasteiger partial charge in [-0.25, -0.2) is 4.79 Å². The van der Waals surface area contributed by atoms with Gasteiger partial charge in [-0.2, -0.15) is 8.42 Å². The summed E-state index contributed by atoms with van der Waals surface area (Å²) in [6.45, 7) is 0.0166. The third kappa shape index (κ3) is 3.02. The highest BCUT2D eigenvalue weighted by molar-refractivity contribution is 7.85. The number of hydrogen-bond donors (Lipinski definition) is 2. The summed E-state index contributed by atoms with van der Waals surface area (Å²) in [5, 5.41) is 8.88. The number of anilines is 1. The van der Waals surface area contributed by atoms with Crippen molar-refractivity contribution in [2.75, 3.05) is 4.90 Å². The molecule has 0 spiro atoms. The Labute approximate surface area is 142 Å². The Morgan fingerprint density at radius 2 is 1.68 bits per heavy atom. The number of carbonyl (C=O) groups excluding carboxylic acids is 2. The number of nitrogens with zero attached hydrogens (tertiary/aromatic N) is 1. The quantitative estimate of drug-likeness (QED) is 0.621. The van der Waals surface area contributed by atoms with Crippen LogP contribution >= 0.6 is 0 Å². The van der Waals surface area contributed by atoms with Gasteiger partial charge in [0.05, 0.1) is 28.3 Å². The van der Waals surface area contributed by atoms with Crippen molar-refractivity contribution in [3.8, 4) is 0 Å². The minimum absolute atomic E-state index is 0.0166. The molecule has 2 N–H and O–H groups in total. The molecule has 25 heavy (non-hydrogen) atoms. The number of rotatable bonds is 4. The molecule has 0 fully saturated rings. The normalized spacial score (nSPS) is 13.9. The fraction of sp³-hybridized carbons (Fsp3) is 0.0625. The number of fused-ring (bicyclic) bond motifs is 1. The molecule has 3 rings (SSSR count). The van der Waals surface area contributed by atoms with Crippen molar-refractivity contribution in [1.29, 1.82) is 0 Å². The molecule has 0 radical (unpaired) electrons. The molecule has 8 nitrogen and oxygen atoms in total. The molecule has 2 aromatic carbocycles. The number of carboxylic acids is 1. The molecule has 2 aromatic rings. The number of hydrogen-bond acceptors (Lipinski definition) is 5. The molecule has 1 aliphatic rings. The predicted molar refractivity (Wildman–Crippen MR) is 85.2 cm³/mol. The summed E-state index contributed by atoms with van der Waals surface area (Å²) < 4.78 is 31.4. The van der Waals surface area contributed by atoms with Crippen LogP contribution < -0.4 is 4.90 Å². The van der Waals surface area contributed by atoms with Gasteiger partial charge in [-0.05, 0) is 35.9 Å². The van der Waals surface area contributed by atoms with E-state index < -0.39 is 32.7 Å². The fourth-order valence-corrected chi connectivity index (χ4v) is 3.04. The van der Waals surface area contributed by atoms with Gasteiger partial charge < -0.3 is 10.0 Å². The lowest BCUT2D eigenvalue weighted by molar-refractivity contribution is -0.114. The van der Waals surface area contributed by atoms with Crippen molar-refractivity contribution < 1.29 is 32.5 Å². The average molecular weight is 361 g/mol. The number of ketones is 1. The highest BCUT2D eigenvalue weighted by Crippen LogP contribution is 2.32. The Balaban J connectivity index is 1.96. The molecule has 0 saturated heterocycles. The summed E-state index contributed by atoms with van der Waals surface area (Å²) in [6, 6.07) is 9.12. The molecule has 0 bridgehead atoms. The first-order valence-corrected chi connectivity index (χ1v) is 8.42. The Morgan fingerprint density at radius 1 is 1.04 bits per heavy atom. The van der Waals surface area contributed by atoms with Crippen LogP contribution in [0, 0.1) is 0 Å². The van der Waals surface area contributed by atoms with Gasteiger partial charge in [0.2, 0.25) is 0 Å². The van der Waals surface area contributed by atoms with Gasteiger partial charge in [-0.15, -0.1) is 0 Å². The maximum atomic E-state index is 12.2. The van der Waals surface area contributed by atoms with Gasteiger partial charge in [0.1, 0.15) is 0 Å². The molecule has 0 aromatic heterocycles. The Kier molecular flexibility index (Phi) is 3.90. The molecular formula is C16H11NO7S. The maximum absolute atomic E-state index is 12.2. The average Bonchev–Trinajstić information content (AvgIpc) is 2.79. The molecule has 0 atom stereocenters. The fourth-order valence-electron chi connectivity index (χ4n) is 2.53. The first-order chi connectivity index (χ1) is 11.7. The van der Waals surface area contributed by atoms with E-state index in [2.05, 4.69) is 0 Å². The van der Waals surface area contributed by atoms with Gasteiger partial charge >= 0.3 is 5.97 Å². The van der Waals surface area contributed by atoms with E-state index in [9.17, 15) is 22.8 Å². The number of Topliss-reactive ketones (excluding diaryl/α,β-unsaturated/α-hetero) is 1. The first kappa shape index (κ1) is 16.8. The SMILES string of the molecule is O=C(O)c1ccc(CN2C(=O)C(=O)c3cc(S(=O)(=O)O)ccc32)cc1. The smallest absolute Gasteiger partial charge is 0.335 e. The summed E-state index contributed by atoms with van der Waals surface area (Å²) >= 11 is 0. The van der Waals surface area contributed by atoms with Crippen LogP contribution in [0.4, 0.5) is 5.69 Å². The number of carbonyl (C=O) groups is 3. The molecule has 1 aliphatic heterocycles. The van der Waals surface area contributed by atoms with Crippen LogP contribution in [0.5, 0.6) is 0 Å². The summed E-state index contributed by atoms with van der Waals surface area (Å²) in [5.41, 5.74) is 0.801. The monoisotopic (exact) mass is 361 g/mol. The van der Waals surface area contributed by atoms with Gasteiger partial charge in [0.25, 0.3) is 21.8 Å². The van der Waals surface area contributed by atoms with Crippen LogP contribution in [-0.4, -0.2) is 35.7 Å². The number of carboxylic acid groups (broad SMARTS) is 1. The van der Waals surface area contributed by atoms with E-state index in [4.69, 9.17) is 9.66 Å². The second-order valence-electron chi connectivity index (χ2n) is 5.38. The number of benzene rings is 2. The Bertz CT molecular complexity index is 1010. The minimum Gasteiger partial charge on any atom is -0.478 e. The second kappa shape index (κ2) is 5.80. The largest absolute Gasteiger partial charge is 0.478 e. The maximum Gasteiger partial charge on any atom is 0.335 e. The second-order valence-corrected chi connectivity index (χ2v) is 6.80. The Hall–Kier alpha value is -3.04. The molecular weight excluding hydrogens is 350 g/mol. The van der Waals surface area contributed by atoms with E-state index >= 15 is 0 Å². The highest BCUT2D eigenvalue weighted by Gasteiger charge is 2.36. The molecule has 9 heteroatoms. The van der Waals surface area contributed by atoms with Crippen LogP contribution in [0.1, 0.15) is 26.3 Å². The summed E-state index contributed by atoms with van der Waals surface area (Å²) in [6.07, 6.45) is 0. The van der Waals surface area contributed by atoms with E-state index in [1.165, 1.54) is 35.2 Å². The summed E-state index contributed by atoms with van der Waals surface area (Å²) in [5.74, 6) is -2.78. The van der Waals surface area contributed by atoms with Crippen molar-refractivity contribution in [2.45, 2.75) is 11.4 Å². The van der Waals surface area contributed by atoms with Gasteiger partial charge in [-0.3, -0.25) is 14.1 Å². The van der Waals surface area contributed by atoms with Crippen molar-refractivity contribution in [3.05, 3.63) is 59.2 Å². The van der Waals surface area contributed by atoms with Crippen LogP contribution in [0.25, 0.3) is 0 Å². The van der Waals surface area contributed by atoms with Crippen molar-refractivity contribution in [1.82, 2.24) is 0 Å². The molecule has 0 aliphatic carbocycles. The van der Waals surface area contributed by atoms with E-state index in [0.29, 0.717) is 5.56 Å². The zero-order chi connectivity index (χ0) is 18.4. The lowest BCUT2D eigenvalue weighted by Crippen LogP contribution is -2.29. The van der Waals surface area contributed by atoms with Crippen LogP contribution in [0.3, 0.4) is 0 Å². The van der Waals surface area contributed by atoms with E-state index in [0.717, 1.165) is 12.1 Å². The number of aromatic carboxylic acids is 1. The predicted octanol–water partition coefficient (Wildman–Crippen LogP) is 1.36. The standard InChI is InChI=1S/C16H11NO7S/c18-14-12-7-11(25(22,23)24)5-6-13(12)17(15(14)19)8-9-1-3-10(4-2-9)16(20)21/h1-7H,8H2,(H,20,21)(H,22,23,24). The topological polar surface area (TPSA) is 129 Å². The van der Waals surface area contributed by atoms with Gasteiger partial charge in [0, 0.05) is 0 Å². The third-order valence-electron chi connectivity index (χ3n) is 3.78. The lowest BCUT2D eigenvalue weighted by atomic mass is 10.1. The van der Waals surface area contributed by atoms with Gasteiger partial charge in [0.15, 0.2) is 0 Å². The molecule has 0 unspecified atom stereocenters. The summed E-state index contributed by atoms with van der Waals surface area (Å²) in [7, 11) is -4.49. The van der Waals surface area contributed by atoms with E-state index in [1.807, 2.05) is 0 Å². The van der Waals surface area contributed by atoms with E-state index in [1.54, 1.807) is 0 Å². The minimum atomic E-state index is -4.49. The van der Waals surface area contributed by atoms with Crippen LogP contribution in [0.15, 0.2) is 47.4 Å². The number of amides is 1. The molecule has 128 valence electrons. The van der Waals surface area contributed by atoms with Gasteiger partial charge in [-0.1, -0.05) is 12.1 Å². The Morgan fingerprint density at radius 3 is 2.24 bits per heavy atom. The molecule has 1 heterocycles. The van der Waals surface area contributed by atoms with Crippen molar-refractivity contribution in [3.63, 3.8) is 0 Å².